The van der Waals surface area contributed by atoms with Gasteiger partial charge >= 0.3 is 6.18 Å². The number of halogens is 4. The van der Waals surface area contributed by atoms with Crippen molar-refractivity contribution in [2.75, 3.05) is 0 Å². The maximum absolute atomic E-state index is 12.5. The van der Waals surface area contributed by atoms with Crippen LogP contribution in [-0.4, -0.2) is 4.98 Å². The molecule has 0 atom stereocenters. The predicted molar refractivity (Wildman–Crippen MR) is 65.9 cm³/mol. The minimum Gasteiger partial charge on any atom is -0.439 e. The Labute approximate surface area is 112 Å². The highest BCUT2D eigenvalue weighted by atomic mass is 19.4. The van der Waals surface area contributed by atoms with Crippen LogP contribution in [0, 0.1) is 0 Å². The highest BCUT2D eigenvalue weighted by molar-refractivity contribution is 5.49. The van der Waals surface area contributed by atoms with E-state index in [0.717, 1.165) is 6.07 Å². The Morgan fingerprint density at radius 3 is 2.30 bits per heavy atom. The molecule has 2 rings (SSSR count). The number of nitrogens with zero attached hydrogens (tertiary/aromatic N) is 1. The third-order valence-corrected chi connectivity index (χ3v) is 2.37. The number of hydrogen-bond acceptors (Lipinski definition) is 2. The molecule has 0 radical (unpaired) electrons. The summed E-state index contributed by atoms with van der Waals surface area (Å²) >= 11 is 0. The van der Waals surface area contributed by atoms with Crippen molar-refractivity contribution in [1.82, 2.24) is 4.98 Å². The first kappa shape index (κ1) is 14.0. The smallest absolute Gasteiger partial charge is 0.433 e. The molecule has 1 aromatic carbocycles. The number of benzene rings is 1. The third-order valence-electron chi connectivity index (χ3n) is 2.37. The van der Waals surface area contributed by atoms with E-state index in [1.165, 1.54) is 30.3 Å². The van der Waals surface area contributed by atoms with Gasteiger partial charge in [0.2, 0.25) is 5.88 Å². The lowest BCUT2D eigenvalue weighted by molar-refractivity contribution is -0.141. The van der Waals surface area contributed by atoms with Crippen molar-refractivity contribution in [3.05, 3.63) is 60.1 Å². The van der Waals surface area contributed by atoms with E-state index in [9.17, 15) is 17.6 Å². The topological polar surface area (TPSA) is 22.1 Å². The van der Waals surface area contributed by atoms with E-state index in [1.54, 1.807) is 12.1 Å². The summed E-state index contributed by atoms with van der Waals surface area (Å²) in [6.45, 7) is 0. The highest BCUT2D eigenvalue weighted by Gasteiger charge is 2.32. The molecule has 6 heteroatoms. The van der Waals surface area contributed by atoms with Gasteiger partial charge in [0.25, 0.3) is 0 Å². The molecule has 0 saturated heterocycles. The van der Waals surface area contributed by atoms with Gasteiger partial charge in [0.05, 0.1) is 6.33 Å². The van der Waals surface area contributed by atoms with E-state index >= 15 is 0 Å². The summed E-state index contributed by atoms with van der Waals surface area (Å²) in [4.78, 5) is 3.38. The normalized spacial score (nSPS) is 11.8. The number of ether oxygens (including phenoxy) is 1. The second kappa shape index (κ2) is 5.73. The molecule has 0 aliphatic carbocycles. The monoisotopic (exact) mass is 283 g/mol. The van der Waals surface area contributed by atoms with E-state index in [-0.39, 0.29) is 5.88 Å². The number of alkyl halides is 3. The van der Waals surface area contributed by atoms with Gasteiger partial charge in [0.1, 0.15) is 11.4 Å². The summed E-state index contributed by atoms with van der Waals surface area (Å²) in [5.74, 6) is 0.154. The maximum Gasteiger partial charge on any atom is 0.433 e. The number of pyridine rings is 1. The summed E-state index contributed by atoms with van der Waals surface area (Å²) in [6, 6.07) is 9.56. The molecule has 0 amide bonds. The molecule has 1 aromatic heterocycles. The second-order valence-corrected chi connectivity index (χ2v) is 3.82. The van der Waals surface area contributed by atoms with Crippen molar-refractivity contribution in [1.29, 1.82) is 0 Å². The van der Waals surface area contributed by atoms with Crippen LogP contribution in [0.2, 0.25) is 0 Å². The van der Waals surface area contributed by atoms with Crippen LogP contribution < -0.4 is 4.74 Å². The molecule has 0 saturated carbocycles. The van der Waals surface area contributed by atoms with Gasteiger partial charge in [-0.2, -0.15) is 13.2 Å². The van der Waals surface area contributed by atoms with Crippen molar-refractivity contribution >= 4 is 6.08 Å². The Morgan fingerprint density at radius 2 is 1.70 bits per heavy atom. The van der Waals surface area contributed by atoms with Crippen LogP contribution in [0.5, 0.6) is 11.6 Å². The van der Waals surface area contributed by atoms with E-state index in [2.05, 4.69) is 4.98 Å². The predicted octanol–water partition coefficient (Wildman–Crippen LogP) is 4.83. The Kier molecular flexibility index (Phi) is 4.02. The van der Waals surface area contributed by atoms with Crippen LogP contribution in [0.1, 0.15) is 11.3 Å². The summed E-state index contributed by atoms with van der Waals surface area (Å²) < 4.78 is 54.6. The lowest BCUT2D eigenvalue weighted by Gasteiger charge is -2.08. The summed E-state index contributed by atoms with van der Waals surface area (Å²) in [5.41, 5.74) is -0.413. The molecular formula is C14H9F4NO. The Morgan fingerprint density at radius 1 is 1.00 bits per heavy atom. The molecule has 0 fully saturated rings. The van der Waals surface area contributed by atoms with Gasteiger partial charge in [-0.15, -0.1) is 0 Å². The van der Waals surface area contributed by atoms with Gasteiger partial charge in [-0.3, -0.25) is 0 Å². The van der Waals surface area contributed by atoms with Crippen molar-refractivity contribution in [2.45, 2.75) is 6.18 Å². The van der Waals surface area contributed by atoms with Gasteiger partial charge in [-0.25, -0.2) is 9.37 Å². The molecule has 20 heavy (non-hydrogen) atoms. The molecule has 2 nitrogen and oxygen atoms in total. The Hall–Kier alpha value is -2.37. The SMILES string of the molecule is FC=Cc1ccc(Oc2cccc(C(F)(F)F)n2)cc1. The zero-order chi connectivity index (χ0) is 14.6. The standard InChI is InChI=1S/C14H9F4NO/c15-9-8-10-4-6-11(7-5-10)20-13-3-1-2-12(19-13)14(16,17)18/h1-9H. The van der Waals surface area contributed by atoms with Crippen molar-refractivity contribution in [3.8, 4) is 11.6 Å². The van der Waals surface area contributed by atoms with E-state index in [4.69, 9.17) is 4.74 Å². The van der Waals surface area contributed by atoms with Gasteiger partial charge in [-0.05, 0) is 29.8 Å². The lowest BCUT2D eigenvalue weighted by atomic mass is 10.2. The lowest BCUT2D eigenvalue weighted by Crippen LogP contribution is -2.07. The largest absolute Gasteiger partial charge is 0.439 e. The average molecular weight is 283 g/mol. The van der Waals surface area contributed by atoms with Crippen LogP contribution in [0.25, 0.3) is 6.08 Å². The van der Waals surface area contributed by atoms with Crippen LogP contribution >= 0.6 is 0 Å². The zero-order valence-corrected chi connectivity index (χ0v) is 10.1. The molecule has 0 aliphatic rings. The van der Waals surface area contributed by atoms with Crippen LogP contribution in [0.15, 0.2) is 48.8 Å². The van der Waals surface area contributed by atoms with Crippen LogP contribution in [0.4, 0.5) is 17.6 Å². The minimum atomic E-state index is -4.52. The van der Waals surface area contributed by atoms with Crippen molar-refractivity contribution in [3.63, 3.8) is 0 Å². The zero-order valence-electron chi connectivity index (χ0n) is 10.1. The minimum absolute atomic E-state index is 0.159. The molecule has 104 valence electrons. The second-order valence-electron chi connectivity index (χ2n) is 3.82. The van der Waals surface area contributed by atoms with Gasteiger partial charge < -0.3 is 4.74 Å². The fourth-order valence-corrected chi connectivity index (χ4v) is 1.47. The molecule has 1 heterocycles. The first-order valence-corrected chi connectivity index (χ1v) is 5.58. The molecule has 0 N–H and O–H groups in total. The fourth-order valence-electron chi connectivity index (χ4n) is 1.47. The quantitative estimate of drug-likeness (QED) is 0.752. The maximum atomic E-state index is 12.5. The summed E-state index contributed by atoms with van der Waals surface area (Å²) in [7, 11) is 0. The van der Waals surface area contributed by atoms with E-state index in [0.29, 0.717) is 17.6 Å². The Bertz CT molecular complexity index is 605. The average Bonchev–Trinajstić information content (AvgIpc) is 2.41. The molecule has 0 bridgehead atoms. The van der Waals surface area contributed by atoms with Crippen molar-refractivity contribution in [2.24, 2.45) is 0 Å². The van der Waals surface area contributed by atoms with Crippen LogP contribution in [-0.2, 0) is 6.18 Å². The van der Waals surface area contributed by atoms with Gasteiger partial charge in [0.15, 0.2) is 0 Å². The fraction of sp³-hybridized carbons (Fsp3) is 0.0714. The van der Waals surface area contributed by atoms with E-state index in [1.807, 2.05) is 0 Å². The summed E-state index contributed by atoms with van der Waals surface area (Å²) in [5, 5.41) is 0. The first-order chi connectivity index (χ1) is 9.49. The first-order valence-electron chi connectivity index (χ1n) is 5.58. The summed E-state index contributed by atoms with van der Waals surface area (Å²) in [6.07, 6.45) is -2.88. The third kappa shape index (κ3) is 3.57. The van der Waals surface area contributed by atoms with E-state index < -0.39 is 11.9 Å². The molecule has 0 spiro atoms. The number of hydrogen-bond donors (Lipinski definition) is 0. The van der Waals surface area contributed by atoms with Crippen LogP contribution in [0.3, 0.4) is 0 Å². The molecular weight excluding hydrogens is 274 g/mol. The number of aromatic nitrogens is 1. The number of rotatable bonds is 3. The molecule has 0 aliphatic heterocycles. The molecule has 2 aromatic rings. The molecule has 0 unspecified atom stereocenters. The van der Waals surface area contributed by atoms with Gasteiger partial charge in [-0.1, -0.05) is 18.2 Å². The Balaban J connectivity index is 2.17. The van der Waals surface area contributed by atoms with Gasteiger partial charge in [0, 0.05) is 6.07 Å². The highest BCUT2D eigenvalue weighted by Crippen LogP contribution is 2.29. The van der Waals surface area contributed by atoms with Crippen molar-refractivity contribution < 1.29 is 22.3 Å².